The minimum absolute atomic E-state index is 0.0226. The minimum atomic E-state index is -0.951. The van der Waals surface area contributed by atoms with Crippen LogP contribution in [0.3, 0.4) is 0 Å². The standard InChI is InChI=1S/C26H35N3O7/c30-18-26(12-6-7-13-26)29-22(31)16-20-10-4-5-11-21(24(33)35-15-14-27-23(20)32)28-25(34)36-17-19-8-2-1-3-9-19/h1-5,8-9,20-21,30H,6-7,10-18H2,(H,27,32)(H,28,34)(H,29,31)/t20-,21-/m1/s1. The Morgan fingerprint density at radius 1 is 1.11 bits per heavy atom. The molecular formula is C26H35N3O7. The van der Waals surface area contributed by atoms with Crippen molar-refractivity contribution in [2.75, 3.05) is 19.8 Å². The molecule has 3 rings (SSSR count). The summed E-state index contributed by atoms with van der Waals surface area (Å²) in [6, 6.07) is 8.22. The highest BCUT2D eigenvalue weighted by Crippen LogP contribution is 2.29. The van der Waals surface area contributed by atoms with E-state index in [9.17, 15) is 24.3 Å². The fourth-order valence-electron chi connectivity index (χ4n) is 4.41. The third-order valence-corrected chi connectivity index (χ3v) is 6.46. The number of aliphatic hydroxyl groups is 1. The summed E-state index contributed by atoms with van der Waals surface area (Å²) < 4.78 is 10.4. The minimum Gasteiger partial charge on any atom is -0.462 e. The number of rotatable bonds is 7. The average molecular weight is 502 g/mol. The molecular weight excluding hydrogens is 466 g/mol. The summed E-state index contributed by atoms with van der Waals surface area (Å²) in [5, 5.41) is 17.9. The number of allylic oxidation sites excluding steroid dienone is 1. The molecule has 0 radical (unpaired) electrons. The van der Waals surface area contributed by atoms with Crippen molar-refractivity contribution in [3.8, 4) is 0 Å². The van der Waals surface area contributed by atoms with Gasteiger partial charge < -0.3 is 30.5 Å². The second-order valence-corrected chi connectivity index (χ2v) is 9.25. The molecule has 1 fully saturated rings. The molecule has 36 heavy (non-hydrogen) atoms. The van der Waals surface area contributed by atoms with Crippen LogP contribution in [-0.2, 0) is 30.5 Å². The van der Waals surface area contributed by atoms with Crippen LogP contribution in [0.25, 0.3) is 0 Å². The van der Waals surface area contributed by atoms with Gasteiger partial charge in [0.05, 0.1) is 24.6 Å². The number of alkyl carbamates (subject to hydrolysis) is 1. The molecule has 0 bridgehead atoms. The zero-order chi connectivity index (χ0) is 25.8. The van der Waals surface area contributed by atoms with Gasteiger partial charge in [-0.2, -0.15) is 0 Å². The molecule has 10 heteroatoms. The number of hydrogen-bond acceptors (Lipinski definition) is 7. The van der Waals surface area contributed by atoms with Gasteiger partial charge in [-0.05, 0) is 31.2 Å². The van der Waals surface area contributed by atoms with Crippen LogP contribution < -0.4 is 16.0 Å². The summed E-state index contributed by atoms with van der Waals surface area (Å²) in [5.74, 6) is -1.84. The van der Waals surface area contributed by atoms with Gasteiger partial charge in [0, 0.05) is 6.42 Å². The van der Waals surface area contributed by atoms with Gasteiger partial charge >= 0.3 is 12.1 Å². The molecule has 2 atom stereocenters. The lowest BCUT2D eigenvalue weighted by atomic mass is 9.95. The van der Waals surface area contributed by atoms with E-state index in [1.54, 1.807) is 12.2 Å². The number of amides is 3. The first-order valence-electron chi connectivity index (χ1n) is 12.4. The summed E-state index contributed by atoms with van der Waals surface area (Å²) in [4.78, 5) is 50.0. The summed E-state index contributed by atoms with van der Waals surface area (Å²) in [7, 11) is 0. The second kappa shape index (κ2) is 13.6. The number of esters is 1. The average Bonchev–Trinajstić information content (AvgIpc) is 3.34. The molecule has 1 saturated carbocycles. The van der Waals surface area contributed by atoms with Crippen molar-refractivity contribution in [3.63, 3.8) is 0 Å². The Balaban J connectivity index is 1.55. The van der Waals surface area contributed by atoms with E-state index in [-0.39, 0.29) is 57.4 Å². The van der Waals surface area contributed by atoms with Crippen LogP contribution in [0.1, 0.15) is 50.5 Å². The normalized spacial score (nSPS) is 22.4. The highest BCUT2D eigenvalue weighted by molar-refractivity contribution is 5.86. The molecule has 196 valence electrons. The highest BCUT2D eigenvalue weighted by atomic mass is 16.6. The zero-order valence-corrected chi connectivity index (χ0v) is 20.4. The lowest BCUT2D eigenvalue weighted by Crippen LogP contribution is -2.50. The number of nitrogens with one attached hydrogen (secondary N) is 3. The molecule has 1 aromatic rings. The molecule has 3 amide bonds. The monoisotopic (exact) mass is 501 g/mol. The Kier molecular flexibility index (Phi) is 10.3. The van der Waals surface area contributed by atoms with Crippen molar-refractivity contribution in [2.24, 2.45) is 5.92 Å². The SMILES string of the molecule is O=C(C[C@H]1CC=CC[C@@H](NC(=O)OCc2ccccc2)C(=O)OCCNC1=O)NC1(CO)CCCC1. The maximum absolute atomic E-state index is 12.7. The maximum Gasteiger partial charge on any atom is 0.408 e. The van der Waals surface area contributed by atoms with Gasteiger partial charge in [-0.1, -0.05) is 55.3 Å². The van der Waals surface area contributed by atoms with E-state index in [2.05, 4.69) is 16.0 Å². The van der Waals surface area contributed by atoms with Crippen LogP contribution >= 0.6 is 0 Å². The van der Waals surface area contributed by atoms with Gasteiger partial charge in [-0.25, -0.2) is 9.59 Å². The quantitative estimate of drug-likeness (QED) is 0.329. The van der Waals surface area contributed by atoms with E-state index in [1.807, 2.05) is 30.3 Å². The zero-order valence-electron chi connectivity index (χ0n) is 20.4. The highest BCUT2D eigenvalue weighted by Gasteiger charge is 2.35. The molecule has 0 aromatic heterocycles. The molecule has 1 aliphatic heterocycles. The van der Waals surface area contributed by atoms with E-state index < -0.39 is 29.6 Å². The maximum atomic E-state index is 12.7. The van der Waals surface area contributed by atoms with Crippen molar-refractivity contribution >= 4 is 23.9 Å². The lowest BCUT2D eigenvalue weighted by molar-refractivity contribution is -0.146. The van der Waals surface area contributed by atoms with E-state index in [0.29, 0.717) is 0 Å². The van der Waals surface area contributed by atoms with Crippen LogP contribution in [-0.4, -0.2) is 60.3 Å². The Morgan fingerprint density at radius 2 is 1.83 bits per heavy atom. The largest absolute Gasteiger partial charge is 0.462 e. The number of cyclic esters (lactones) is 1. The van der Waals surface area contributed by atoms with Crippen LogP contribution in [0.15, 0.2) is 42.5 Å². The Labute approximate surface area is 210 Å². The predicted molar refractivity (Wildman–Crippen MR) is 130 cm³/mol. The molecule has 10 nitrogen and oxygen atoms in total. The van der Waals surface area contributed by atoms with Gasteiger partial charge in [-0.3, -0.25) is 9.59 Å². The molecule has 4 N–H and O–H groups in total. The molecule has 2 aliphatic rings. The van der Waals surface area contributed by atoms with E-state index >= 15 is 0 Å². The number of aliphatic hydroxyl groups excluding tert-OH is 1. The smallest absolute Gasteiger partial charge is 0.408 e. The fourth-order valence-corrected chi connectivity index (χ4v) is 4.41. The first-order valence-corrected chi connectivity index (χ1v) is 12.4. The first-order chi connectivity index (χ1) is 17.4. The van der Waals surface area contributed by atoms with Gasteiger partial charge in [-0.15, -0.1) is 0 Å². The van der Waals surface area contributed by atoms with Crippen LogP contribution in [0, 0.1) is 5.92 Å². The summed E-state index contributed by atoms with van der Waals surface area (Å²) in [6.45, 7) is -0.0447. The molecule has 1 aliphatic carbocycles. The Morgan fingerprint density at radius 3 is 2.56 bits per heavy atom. The summed E-state index contributed by atoms with van der Waals surface area (Å²) in [5.41, 5.74) is 0.217. The first kappa shape index (κ1) is 27.2. The van der Waals surface area contributed by atoms with Gasteiger partial charge in [0.25, 0.3) is 0 Å². The summed E-state index contributed by atoms with van der Waals surface area (Å²) in [6.07, 6.45) is 6.39. The van der Waals surface area contributed by atoms with Gasteiger partial charge in [0.2, 0.25) is 11.8 Å². The Hall–Kier alpha value is -3.40. The Bertz CT molecular complexity index is 929. The van der Waals surface area contributed by atoms with Crippen molar-refractivity contribution < 1.29 is 33.8 Å². The van der Waals surface area contributed by atoms with Crippen LogP contribution in [0.4, 0.5) is 4.79 Å². The van der Waals surface area contributed by atoms with Crippen molar-refractivity contribution in [1.82, 2.24) is 16.0 Å². The third-order valence-electron chi connectivity index (χ3n) is 6.46. The molecule has 0 saturated heterocycles. The molecule has 0 spiro atoms. The van der Waals surface area contributed by atoms with Gasteiger partial charge in [0.15, 0.2) is 0 Å². The number of hydrogen-bond donors (Lipinski definition) is 4. The number of carbonyl (C=O) groups excluding carboxylic acids is 4. The van der Waals surface area contributed by atoms with E-state index in [1.165, 1.54) is 0 Å². The molecule has 1 aromatic carbocycles. The fraction of sp³-hybridized carbons (Fsp3) is 0.538. The topological polar surface area (TPSA) is 143 Å². The van der Waals surface area contributed by atoms with Crippen molar-refractivity contribution in [2.45, 2.75) is 63.1 Å². The van der Waals surface area contributed by atoms with Crippen molar-refractivity contribution in [1.29, 1.82) is 0 Å². The van der Waals surface area contributed by atoms with Crippen LogP contribution in [0.5, 0.6) is 0 Å². The third kappa shape index (κ3) is 8.37. The predicted octanol–water partition coefficient (Wildman–Crippen LogP) is 1.72. The molecule has 1 heterocycles. The van der Waals surface area contributed by atoms with Crippen molar-refractivity contribution in [3.05, 3.63) is 48.0 Å². The van der Waals surface area contributed by atoms with Crippen LogP contribution in [0.2, 0.25) is 0 Å². The lowest BCUT2D eigenvalue weighted by Gasteiger charge is -2.28. The molecule has 0 unspecified atom stereocenters. The number of carbonyl (C=O) groups is 4. The van der Waals surface area contributed by atoms with E-state index in [0.717, 1.165) is 31.2 Å². The summed E-state index contributed by atoms with van der Waals surface area (Å²) >= 11 is 0. The second-order valence-electron chi connectivity index (χ2n) is 9.25. The number of benzene rings is 1. The van der Waals surface area contributed by atoms with Gasteiger partial charge in [0.1, 0.15) is 19.3 Å². The van der Waals surface area contributed by atoms with E-state index in [4.69, 9.17) is 9.47 Å². The number of ether oxygens (including phenoxy) is 2.